The van der Waals surface area contributed by atoms with E-state index in [-0.39, 0.29) is 0 Å². The summed E-state index contributed by atoms with van der Waals surface area (Å²) in [6.07, 6.45) is -2.52. The largest absolute Gasteiger partial charge is 0.416 e. The van der Waals surface area contributed by atoms with E-state index in [9.17, 15) is 13.2 Å². The summed E-state index contributed by atoms with van der Waals surface area (Å²) in [5.41, 5.74) is 1.67. The molecule has 4 aromatic rings. The lowest BCUT2D eigenvalue weighted by atomic mass is 10.2. The van der Waals surface area contributed by atoms with Gasteiger partial charge in [0.2, 0.25) is 10.1 Å². The minimum absolute atomic E-state index is 0.535. The second-order valence-corrected chi connectivity index (χ2v) is 6.28. The van der Waals surface area contributed by atoms with Crippen LogP contribution in [0.15, 0.2) is 60.8 Å². The Morgan fingerprint density at radius 2 is 1.68 bits per heavy atom. The highest BCUT2D eigenvalue weighted by Gasteiger charge is 2.29. The molecule has 0 aliphatic carbocycles. The highest BCUT2D eigenvalue weighted by Crippen LogP contribution is 2.31. The zero-order valence-corrected chi connectivity index (χ0v) is 13.5. The Hall–Kier alpha value is -2.87. The molecule has 0 fully saturated rings. The van der Waals surface area contributed by atoms with Gasteiger partial charge in [0, 0.05) is 11.3 Å². The van der Waals surface area contributed by atoms with Gasteiger partial charge >= 0.3 is 6.18 Å². The van der Waals surface area contributed by atoms with E-state index in [1.165, 1.54) is 23.5 Å². The molecule has 0 radical (unpaired) electrons. The average Bonchev–Trinajstić information content (AvgIpc) is 3.14. The lowest BCUT2D eigenvalue weighted by Gasteiger charge is -2.07. The third-order valence-electron chi connectivity index (χ3n) is 3.58. The van der Waals surface area contributed by atoms with Gasteiger partial charge in [-0.2, -0.15) is 13.2 Å². The number of hydrogen-bond acceptors (Lipinski definition) is 4. The molecule has 0 saturated carbocycles. The van der Waals surface area contributed by atoms with Crippen molar-refractivity contribution in [2.45, 2.75) is 6.18 Å². The number of hydrogen-bond donors (Lipinski definition) is 1. The van der Waals surface area contributed by atoms with Crippen LogP contribution in [-0.2, 0) is 6.18 Å². The molecule has 126 valence electrons. The summed E-state index contributed by atoms with van der Waals surface area (Å²) in [6.45, 7) is 0. The molecule has 2 aromatic heterocycles. The van der Waals surface area contributed by atoms with Crippen molar-refractivity contribution in [2.75, 3.05) is 5.32 Å². The van der Waals surface area contributed by atoms with Gasteiger partial charge in [-0.25, -0.2) is 9.50 Å². The Kier molecular flexibility index (Phi) is 3.69. The van der Waals surface area contributed by atoms with Crippen LogP contribution in [0, 0.1) is 0 Å². The van der Waals surface area contributed by atoms with E-state index < -0.39 is 11.7 Å². The molecule has 1 N–H and O–H groups in total. The second-order valence-electron chi connectivity index (χ2n) is 5.33. The lowest BCUT2D eigenvalue weighted by Crippen LogP contribution is -2.04. The van der Waals surface area contributed by atoms with E-state index >= 15 is 0 Å². The number of nitrogens with zero attached hydrogens (tertiary/aromatic N) is 3. The van der Waals surface area contributed by atoms with Crippen molar-refractivity contribution in [1.29, 1.82) is 0 Å². The van der Waals surface area contributed by atoms with Crippen molar-refractivity contribution >= 4 is 27.1 Å². The first-order valence-corrected chi connectivity index (χ1v) is 8.17. The summed E-state index contributed by atoms with van der Waals surface area (Å²) >= 11 is 1.32. The van der Waals surface area contributed by atoms with Crippen molar-refractivity contribution in [3.63, 3.8) is 0 Å². The first-order chi connectivity index (χ1) is 12.0. The molecule has 4 nitrogen and oxygen atoms in total. The molecule has 2 heterocycles. The van der Waals surface area contributed by atoms with E-state index in [1.54, 1.807) is 4.52 Å². The molecular formula is C17H11F3N4S. The molecule has 8 heteroatoms. The smallest absolute Gasteiger partial charge is 0.330 e. The van der Waals surface area contributed by atoms with Gasteiger partial charge in [-0.15, -0.1) is 5.10 Å². The first-order valence-electron chi connectivity index (χ1n) is 7.35. The number of benzene rings is 2. The molecule has 0 bridgehead atoms. The fraction of sp³-hybridized carbons (Fsp3) is 0.0588. The van der Waals surface area contributed by atoms with Crippen LogP contribution < -0.4 is 5.32 Å². The van der Waals surface area contributed by atoms with Crippen molar-refractivity contribution in [1.82, 2.24) is 14.6 Å². The van der Waals surface area contributed by atoms with Crippen LogP contribution in [0.25, 0.3) is 16.2 Å². The number of fused-ring (bicyclic) bond motifs is 1. The molecule has 25 heavy (non-hydrogen) atoms. The average molecular weight is 360 g/mol. The Labute approximate surface area is 144 Å². The van der Waals surface area contributed by atoms with Crippen molar-refractivity contribution in [2.24, 2.45) is 0 Å². The van der Waals surface area contributed by atoms with Gasteiger partial charge in [0.05, 0.1) is 17.5 Å². The molecule has 4 rings (SSSR count). The Bertz CT molecular complexity index is 972. The van der Waals surface area contributed by atoms with Crippen molar-refractivity contribution < 1.29 is 13.2 Å². The second kappa shape index (κ2) is 5.89. The highest BCUT2D eigenvalue weighted by molar-refractivity contribution is 7.20. The zero-order chi connectivity index (χ0) is 17.4. The van der Waals surface area contributed by atoms with Gasteiger partial charge in [-0.1, -0.05) is 41.7 Å². The monoisotopic (exact) mass is 360 g/mol. The molecule has 0 aliphatic rings. The number of aromatic nitrogens is 3. The summed E-state index contributed by atoms with van der Waals surface area (Å²) in [6, 6.07) is 14.6. The molecule has 0 unspecified atom stereocenters. The van der Waals surface area contributed by atoms with E-state index in [2.05, 4.69) is 15.4 Å². The summed E-state index contributed by atoms with van der Waals surface area (Å²) in [7, 11) is 0. The summed E-state index contributed by atoms with van der Waals surface area (Å²) < 4.78 is 39.4. The summed E-state index contributed by atoms with van der Waals surface area (Å²) in [4.78, 5) is 5.22. The van der Waals surface area contributed by atoms with Gasteiger partial charge in [0.1, 0.15) is 0 Å². The van der Waals surface area contributed by atoms with E-state index in [0.717, 1.165) is 23.4 Å². The molecular weight excluding hydrogens is 349 g/mol. The van der Waals surface area contributed by atoms with Crippen LogP contribution in [0.4, 0.5) is 24.0 Å². The number of rotatable bonds is 3. The molecule has 0 spiro atoms. The molecule has 0 aliphatic heterocycles. The predicted molar refractivity (Wildman–Crippen MR) is 91.0 cm³/mol. The van der Waals surface area contributed by atoms with Crippen LogP contribution in [0.1, 0.15) is 5.56 Å². The van der Waals surface area contributed by atoms with Crippen molar-refractivity contribution in [3.8, 4) is 11.3 Å². The Balaban J connectivity index is 1.55. The zero-order valence-electron chi connectivity index (χ0n) is 12.7. The van der Waals surface area contributed by atoms with Gasteiger partial charge < -0.3 is 5.32 Å². The Morgan fingerprint density at radius 3 is 2.32 bits per heavy atom. The van der Waals surface area contributed by atoms with Crippen LogP contribution >= 0.6 is 11.3 Å². The number of imidazole rings is 1. The fourth-order valence-electron chi connectivity index (χ4n) is 2.36. The van der Waals surface area contributed by atoms with Crippen molar-refractivity contribution in [3.05, 3.63) is 66.4 Å². The topological polar surface area (TPSA) is 42.2 Å². The maximum atomic E-state index is 12.6. The SMILES string of the molecule is FC(F)(F)c1ccc(Nc2nn3cc(-c4ccccc4)nc3s2)cc1. The van der Waals surface area contributed by atoms with Gasteiger partial charge in [-0.3, -0.25) is 0 Å². The van der Waals surface area contributed by atoms with Crippen LogP contribution in [0.2, 0.25) is 0 Å². The fourth-order valence-corrected chi connectivity index (χ4v) is 3.17. The predicted octanol–water partition coefficient (Wildman–Crippen LogP) is 5.22. The van der Waals surface area contributed by atoms with E-state index in [1.807, 2.05) is 36.5 Å². The van der Waals surface area contributed by atoms with E-state index in [4.69, 9.17) is 0 Å². The highest BCUT2D eigenvalue weighted by atomic mass is 32.1. The maximum Gasteiger partial charge on any atom is 0.416 e. The summed E-state index contributed by atoms with van der Waals surface area (Å²) in [5.74, 6) is 0. The van der Waals surface area contributed by atoms with Gasteiger partial charge in [0.25, 0.3) is 0 Å². The summed E-state index contributed by atoms with van der Waals surface area (Å²) in [5, 5.41) is 7.92. The van der Waals surface area contributed by atoms with Gasteiger partial charge in [0.15, 0.2) is 0 Å². The molecule has 0 amide bonds. The lowest BCUT2D eigenvalue weighted by molar-refractivity contribution is -0.137. The standard InChI is InChI=1S/C17H11F3N4S/c18-17(19,20)12-6-8-13(9-7-12)21-15-23-24-10-14(22-16(24)25-15)11-4-2-1-3-5-11/h1-10H,(H,21,23). The van der Waals surface area contributed by atoms with E-state index in [0.29, 0.717) is 15.8 Å². The number of anilines is 2. The molecule has 0 saturated heterocycles. The maximum absolute atomic E-state index is 12.6. The van der Waals surface area contributed by atoms with Gasteiger partial charge in [-0.05, 0) is 24.3 Å². The molecule has 0 atom stereocenters. The number of alkyl halides is 3. The third-order valence-corrected chi connectivity index (χ3v) is 4.41. The third kappa shape index (κ3) is 3.20. The van der Waals surface area contributed by atoms with Crippen LogP contribution in [0.5, 0.6) is 0 Å². The molecule has 2 aromatic carbocycles. The normalized spacial score (nSPS) is 11.8. The number of nitrogens with one attached hydrogen (secondary N) is 1. The quantitative estimate of drug-likeness (QED) is 0.545. The van der Waals surface area contributed by atoms with Crippen LogP contribution in [0.3, 0.4) is 0 Å². The first kappa shape index (κ1) is 15.6. The minimum atomic E-state index is -4.34. The minimum Gasteiger partial charge on any atom is -0.330 e. The Morgan fingerprint density at radius 1 is 0.960 bits per heavy atom. The number of halogens is 3. The van der Waals surface area contributed by atoms with Crippen LogP contribution in [-0.4, -0.2) is 14.6 Å².